The highest BCUT2D eigenvalue weighted by Gasteiger charge is 1.89. The van der Waals surface area contributed by atoms with Crippen LogP contribution in [0.25, 0.3) is 0 Å². The summed E-state index contributed by atoms with van der Waals surface area (Å²) in [5, 5.41) is 0. The van der Waals surface area contributed by atoms with Gasteiger partial charge >= 0.3 is 5.97 Å². The van der Waals surface area contributed by atoms with Crippen molar-refractivity contribution in [2.75, 3.05) is 6.54 Å². The molecule has 3 nitrogen and oxygen atoms in total. The van der Waals surface area contributed by atoms with E-state index in [0.29, 0.717) is 0 Å². The van der Waals surface area contributed by atoms with Crippen LogP contribution in [0.3, 0.4) is 0 Å². The molecule has 0 heterocycles. The first-order valence-electron chi connectivity index (χ1n) is 1.35. The number of carbonyl (C=O) groups is 1. The predicted molar refractivity (Wildman–Crippen MR) is 31.4 cm³/mol. The first kappa shape index (κ1) is 10.1. The summed E-state index contributed by atoms with van der Waals surface area (Å²) in [6.45, 7) is -0.108. The third-order valence-electron chi connectivity index (χ3n) is 0.268. The van der Waals surface area contributed by atoms with Crippen LogP contribution in [0.4, 0.5) is 0 Å². The van der Waals surface area contributed by atoms with Crippen LogP contribution in [-0.4, -0.2) is 12.5 Å². The van der Waals surface area contributed by atoms with Crippen molar-refractivity contribution in [3.05, 3.63) is 0 Å². The van der Waals surface area contributed by atoms with Gasteiger partial charge in [-0.15, -0.1) is 12.4 Å². The highest BCUT2D eigenvalue weighted by atomic mass is 35.5. The second kappa shape index (κ2) is 6.07. The van der Waals surface area contributed by atoms with E-state index < -0.39 is 5.97 Å². The van der Waals surface area contributed by atoms with E-state index in [2.05, 4.69) is 17.1 Å². The van der Waals surface area contributed by atoms with Crippen LogP contribution in [0, 0.1) is 0 Å². The molecule has 5 heteroatoms. The summed E-state index contributed by atoms with van der Waals surface area (Å²) in [5.41, 5.74) is 4.76. The molecule has 7 heavy (non-hydrogen) atoms. The Balaban J connectivity index is 0. The summed E-state index contributed by atoms with van der Waals surface area (Å²) in [6, 6.07) is 0. The Labute approximate surface area is 53.2 Å². The maximum absolute atomic E-state index is 9.76. The van der Waals surface area contributed by atoms with Gasteiger partial charge in [-0.2, -0.15) is 0 Å². The Bertz CT molecular complexity index is 53.7. The molecular weight excluding hydrogens is 138 g/mol. The minimum Gasteiger partial charge on any atom is -0.394 e. The van der Waals surface area contributed by atoms with Gasteiger partial charge in [0.1, 0.15) is 0 Å². The molecule has 0 aromatic carbocycles. The molecule has 0 aromatic heterocycles. The van der Waals surface area contributed by atoms with Gasteiger partial charge in [-0.25, -0.2) is 4.79 Å². The summed E-state index contributed by atoms with van der Waals surface area (Å²) >= 11 is 3.17. The number of rotatable bonds is 1. The van der Waals surface area contributed by atoms with Crippen LogP contribution >= 0.6 is 25.3 Å². The minimum absolute atomic E-state index is 0. The Morgan fingerprint density at radius 1 is 1.86 bits per heavy atom. The molecule has 0 saturated carbocycles. The lowest BCUT2D eigenvalue weighted by Crippen LogP contribution is -2.12. The summed E-state index contributed by atoms with van der Waals surface area (Å²) < 4.78 is 3.83. The van der Waals surface area contributed by atoms with Crippen LogP contribution in [0.2, 0.25) is 0 Å². The van der Waals surface area contributed by atoms with Crippen LogP contribution in [0.15, 0.2) is 0 Å². The second-order valence-corrected chi connectivity index (χ2v) is 0.850. The van der Waals surface area contributed by atoms with Gasteiger partial charge in [0.2, 0.25) is 0 Å². The molecule has 0 bridgehead atoms. The zero-order valence-corrected chi connectivity index (χ0v) is 5.17. The van der Waals surface area contributed by atoms with E-state index in [1.54, 1.807) is 0 Å². The molecule has 44 valence electrons. The van der Waals surface area contributed by atoms with Gasteiger partial charge in [0.05, 0.1) is 6.54 Å². The van der Waals surface area contributed by atoms with Crippen LogP contribution in [0.1, 0.15) is 0 Å². The largest absolute Gasteiger partial charge is 0.394 e. The van der Waals surface area contributed by atoms with Crippen molar-refractivity contribution < 1.29 is 8.98 Å². The number of hydrogen-bond donors (Lipinski definition) is 2. The second-order valence-electron chi connectivity index (χ2n) is 0.667. The summed E-state index contributed by atoms with van der Waals surface area (Å²) in [5.74, 6) is -0.515. The highest BCUT2D eigenvalue weighted by Crippen LogP contribution is 1.74. The van der Waals surface area contributed by atoms with Crippen molar-refractivity contribution in [3.63, 3.8) is 0 Å². The zero-order chi connectivity index (χ0) is 4.99. The fourth-order valence-corrected chi connectivity index (χ4v) is 0.112. The zero-order valence-electron chi connectivity index (χ0n) is 3.46. The topological polar surface area (TPSA) is 52.3 Å². The van der Waals surface area contributed by atoms with Crippen molar-refractivity contribution in [1.29, 1.82) is 0 Å². The standard InChI is InChI=1S/C2H5NO2S.ClH/c3-1-2(4)5-6;/h6H,1,3H2;1H. The molecule has 0 radical (unpaired) electrons. The molecule has 0 aliphatic heterocycles. The van der Waals surface area contributed by atoms with Gasteiger partial charge in [0.15, 0.2) is 0 Å². The van der Waals surface area contributed by atoms with Crippen molar-refractivity contribution in [2.45, 2.75) is 0 Å². The lowest BCUT2D eigenvalue weighted by atomic mass is 10.7. The van der Waals surface area contributed by atoms with Gasteiger partial charge in [0, 0.05) is 12.9 Å². The third-order valence-corrected chi connectivity index (χ3v) is 0.472. The number of carbonyl (C=O) groups excluding carboxylic acids is 1. The number of hydrogen-bond acceptors (Lipinski definition) is 4. The molecule has 2 N–H and O–H groups in total. The van der Waals surface area contributed by atoms with Crippen LogP contribution in [0.5, 0.6) is 0 Å². The molecule has 0 fully saturated rings. The first-order valence-corrected chi connectivity index (χ1v) is 1.72. The highest BCUT2D eigenvalue weighted by molar-refractivity contribution is 7.75. The SMILES string of the molecule is Cl.NCC(=O)OS. The van der Waals surface area contributed by atoms with Crippen molar-refractivity contribution in [1.82, 2.24) is 0 Å². The van der Waals surface area contributed by atoms with Gasteiger partial charge in [-0.3, -0.25) is 0 Å². The average molecular weight is 144 g/mol. The normalized spacial score (nSPS) is 6.57. The van der Waals surface area contributed by atoms with E-state index in [-0.39, 0.29) is 19.0 Å². The quantitative estimate of drug-likeness (QED) is 0.393. The first-order chi connectivity index (χ1) is 2.81. The van der Waals surface area contributed by atoms with E-state index >= 15 is 0 Å². The molecule has 0 saturated heterocycles. The van der Waals surface area contributed by atoms with Crippen molar-refractivity contribution in [2.24, 2.45) is 5.73 Å². The number of thiol groups is 1. The number of nitrogens with two attached hydrogens (primary N) is 1. The van der Waals surface area contributed by atoms with Crippen LogP contribution < -0.4 is 5.73 Å². The Morgan fingerprint density at radius 3 is 2.29 bits per heavy atom. The van der Waals surface area contributed by atoms with E-state index in [1.807, 2.05) is 0 Å². The summed E-state index contributed by atoms with van der Waals surface area (Å²) in [4.78, 5) is 9.76. The molecule has 0 amide bonds. The van der Waals surface area contributed by atoms with E-state index in [0.717, 1.165) is 0 Å². The molecule has 0 spiro atoms. The molecule has 0 aromatic rings. The predicted octanol–water partition coefficient (Wildman–Crippen LogP) is -0.245. The average Bonchev–Trinajstić information content (AvgIpc) is 1.65. The third kappa shape index (κ3) is 6.07. The fraction of sp³-hybridized carbons (Fsp3) is 0.500. The van der Waals surface area contributed by atoms with E-state index in [4.69, 9.17) is 5.73 Å². The Hall–Kier alpha value is 0.0700. The van der Waals surface area contributed by atoms with Gasteiger partial charge in [-0.05, 0) is 0 Å². The lowest BCUT2D eigenvalue weighted by Gasteiger charge is -1.84. The molecular formula is C2H6ClNO2S. The smallest absolute Gasteiger partial charge is 0.331 e. The van der Waals surface area contributed by atoms with Crippen LogP contribution in [-0.2, 0) is 8.98 Å². The molecule has 0 aliphatic rings. The Morgan fingerprint density at radius 2 is 2.29 bits per heavy atom. The number of halogens is 1. The maximum Gasteiger partial charge on any atom is 0.331 e. The fourth-order valence-electron chi connectivity index (χ4n) is 0.0373. The van der Waals surface area contributed by atoms with Crippen molar-refractivity contribution in [3.8, 4) is 0 Å². The molecule has 0 atom stereocenters. The van der Waals surface area contributed by atoms with Crippen molar-refractivity contribution >= 4 is 31.3 Å². The van der Waals surface area contributed by atoms with Gasteiger partial charge in [0.25, 0.3) is 0 Å². The lowest BCUT2D eigenvalue weighted by molar-refractivity contribution is -0.131. The van der Waals surface area contributed by atoms with Gasteiger partial charge in [-0.1, -0.05) is 0 Å². The van der Waals surface area contributed by atoms with Gasteiger partial charge < -0.3 is 9.92 Å². The summed E-state index contributed by atoms with van der Waals surface area (Å²) in [7, 11) is 0. The van der Waals surface area contributed by atoms with E-state index in [1.165, 1.54) is 0 Å². The Kier molecular flexibility index (Phi) is 8.79. The molecule has 0 rings (SSSR count). The molecule has 0 aliphatic carbocycles. The molecule has 0 unspecified atom stereocenters. The monoisotopic (exact) mass is 143 g/mol. The maximum atomic E-state index is 9.76. The summed E-state index contributed by atoms with van der Waals surface area (Å²) in [6.07, 6.45) is 0. The minimum atomic E-state index is -0.515. The van der Waals surface area contributed by atoms with E-state index in [9.17, 15) is 4.79 Å².